The van der Waals surface area contributed by atoms with E-state index in [-0.39, 0.29) is 18.3 Å². The molecule has 20 heavy (non-hydrogen) atoms. The first-order valence-electron chi connectivity index (χ1n) is 5.86. The van der Waals surface area contributed by atoms with Gasteiger partial charge in [0.2, 0.25) is 0 Å². The van der Waals surface area contributed by atoms with Crippen LogP contribution in [0.2, 0.25) is 0 Å². The molecule has 5 heteroatoms. The Labute approximate surface area is 120 Å². The molecular weight excluding hydrogens is 277 g/mol. The van der Waals surface area contributed by atoms with Crippen LogP contribution in [-0.4, -0.2) is 17.6 Å². The predicted octanol–water partition coefficient (Wildman–Crippen LogP) is 2.79. The normalized spacial score (nSPS) is 9.75. The molecule has 1 amide bonds. The third-order valence-corrected chi connectivity index (χ3v) is 3.52. The third kappa shape index (κ3) is 3.23. The van der Waals surface area contributed by atoms with Gasteiger partial charge in [0.25, 0.3) is 5.91 Å². The van der Waals surface area contributed by atoms with Crippen molar-refractivity contribution in [1.29, 1.82) is 0 Å². The summed E-state index contributed by atoms with van der Waals surface area (Å²) in [7, 11) is 0. The highest BCUT2D eigenvalue weighted by Gasteiger charge is 2.13. The van der Waals surface area contributed by atoms with Crippen molar-refractivity contribution < 1.29 is 14.3 Å². The summed E-state index contributed by atoms with van der Waals surface area (Å²) >= 11 is 1.27. The molecule has 102 valence electrons. The molecule has 2 N–H and O–H groups in total. The molecule has 0 aliphatic carbocycles. The number of thiophene rings is 1. The molecule has 0 spiro atoms. The minimum Gasteiger partial charge on any atom is -0.384 e. The lowest BCUT2D eigenvalue weighted by molar-refractivity contribution is 0.103. The number of aliphatic hydroxyl groups is 1. The summed E-state index contributed by atoms with van der Waals surface area (Å²) < 4.78 is 13.0. The monoisotopic (exact) mass is 289 g/mol. The Kier molecular flexibility index (Phi) is 4.51. The molecule has 0 saturated heterocycles. The van der Waals surface area contributed by atoms with Crippen molar-refractivity contribution in [1.82, 2.24) is 0 Å². The molecule has 0 bridgehead atoms. The summed E-state index contributed by atoms with van der Waals surface area (Å²) in [5.74, 6) is 4.60. The van der Waals surface area contributed by atoms with E-state index < -0.39 is 0 Å². The number of nitrogens with one attached hydrogen (secondary N) is 1. The fraction of sp³-hybridized carbons (Fsp3) is 0.133. The average Bonchev–Trinajstić information content (AvgIpc) is 2.88. The van der Waals surface area contributed by atoms with E-state index in [0.29, 0.717) is 21.7 Å². The van der Waals surface area contributed by atoms with Crippen molar-refractivity contribution in [2.24, 2.45) is 0 Å². The Hall–Kier alpha value is -2.16. The van der Waals surface area contributed by atoms with Gasteiger partial charge < -0.3 is 10.4 Å². The van der Waals surface area contributed by atoms with E-state index in [9.17, 15) is 9.18 Å². The van der Waals surface area contributed by atoms with Crippen LogP contribution < -0.4 is 5.32 Å². The van der Waals surface area contributed by atoms with Crippen LogP contribution in [0.5, 0.6) is 0 Å². The number of rotatable bonds is 2. The summed E-state index contributed by atoms with van der Waals surface area (Å²) in [6.07, 6.45) is 0. The fourth-order valence-electron chi connectivity index (χ4n) is 1.66. The average molecular weight is 289 g/mol. The van der Waals surface area contributed by atoms with Gasteiger partial charge in [-0.05, 0) is 42.1 Å². The molecule has 1 heterocycles. The van der Waals surface area contributed by atoms with Gasteiger partial charge in [-0.3, -0.25) is 4.79 Å². The number of anilines is 1. The number of amides is 1. The molecule has 1 aromatic heterocycles. The maximum atomic E-state index is 13.0. The first kappa shape index (κ1) is 14.3. The summed E-state index contributed by atoms with van der Waals surface area (Å²) in [5.41, 5.74) is 1.78. The maximum absolute atomic E-state index is 13.0. The molecule has 2 aromatic rings. The van der Waals surface area contributed by atoms with E-state index in [4.69, 9.17) is 5.11 Å². The van der Waals surface area contributed by atoms with Crippen LogP contribution >= 0.6 is 11.3 Å². The van der Waals surface area contributed by atoms with Gasteiger partial charge in [-0.1, -0.05) is 11.8 Å². The number of aryl methyl sites for hydroxylation is 1. The number of carbonyl (C=O) groups is 1. The van der Waals surface area contributed by atoms with Crippen LogP contribution in [0.1, 0.15) is 20.8 Å². The lowest BCUT2D eigenvalue weighted by Gasteiger charge is -2.07. The molecular formula is C15H12FNO2S. The largest absolute Gasteiger partial charge is 0.384 e. The topological polar surface area (TPSA) is 49.3 Å². The zero-order valence-corrected chi connectivity index (χ0v) is 11.6. The van der Waals surface area contributed by atoms with Gasteiger partial charge in [-0.15, -0.1) is 11.3 Å². The second kappa shape index (κ2) is 6.33. The second-order valence-electron chi connectivity index (χ2n) is 4.04. The SMILES string of the molecule is Cc1cc(F)ccc1NC(=O)c1sccc1C#CCO. The van der Waals surface area contributed by atoms with Crippen LogP contribution in [0.3, 0.4) is 0 Å². The minimum absolute atomic E-state index is 0.256. The van der Waals surface area contributed by atoms with Crippen molar-refractivity contribution in [2.75, 3.05) is 11.9 Å². The molecule has 2 rings (SSSR count). The Morgan fingerprint density at radius 2 is 2.25 bits per heavy atom. The Morgan fingerprint density at radius 1 is 1.45 bits per heavy atom. The van der Waals surface area contributed by atoms with Crippen molar-refractivity contribution in [3.8, 4) is 11.8 Å². The van der Waals surface area contributed by atoms with Crippen molar-refractivity contribution in [2.45, 2.75) is 6.92 Å². The highest BCUT2D eigenvalue weighted by atomic mass is 32.1. The lowest BCUT2D eigenvalue weighted by atomic mass is 10.2. The quantitative estimate of drug-likeness (QED) is 0.835. The number of halogens is 1. The number of hydrogen-bond acceptors (Lipinski definition) is 3. The second-order valence-corrected chi connectivity index (χ2v) is 4.95. The van der Waals surface area contributed by atoms with Gasteiger partial charge in [0, 0.05) is 11.3 Å². The summed E-state index contributed by atoms with van der Waals surface area (Å²) in [6.45, 7) is 1.47. The highest BCUT2D eigenvalue weighted by Crippen LogP contribution is 2.20. The van der Waals surface area contributed by atoms with Crippen LogP contribution in [0, 0.1) is 24.6 Å². The predicted molar refractivity (Wildman–Crippen MR) is 77.4 cm³/mol. The Balaban J connectivity index is 2.22. The first-order valence-corrected chi connectivity index (χ1v) is 6.74. The molecule has 3 nitrogen and oxygen atoms in total. The molecule has 0 aliphatic heterocycles. The minimum atomic E-state index is -0.342. The molecule has 0 radical (unpaired) electrons. The highest BCUT2D eigenvalue weighted by molar-refractivity contribution is 7.12. The Bertz CT molecular complexity index is 697. The van der Waals surface area contributed by atoms with Crippen LogP contribution in [-0.2, 0) is 0 Å². The molecule has 0 atom stereocenters. The van der Waals surface area contributed by atoms with Crippen LogP contribution in [0.25, 0.3) is 0 Å². The fourth-order valence-corrected chi connectivity index (χ4v) is 2.41. The van der Waals surface area contributed by atoms with Gasteiger partial charge in [0.1, 0.15) is 17.3 Å². The standard InChI is InChI=1S/C15H12FNO2S/c1-10-9-12(16)4-5-13(10)17-15(19)14-11(3-2-7-18)6-8-20-14/h4-6,8-9,18H,7H2,1H3,(H,17,19). The molecule has 0 saturated carbocycles. The number of carbonyl (C=O) groups excluding carboxylic acids is 1. The van der Waals surface area contributed by atoms with Crippen molar-refractivity contribution in [3.05, 3.63) is 51.5 Å². The molecule has 0 fully saturated rings. The maximum Gasteiger partial charge on any atom is 0.267 e. The van der Waals surface area contributed by atoms with Gasteiger partial charge in [0.05, 0.1) is 0 Å². The smallest absolute Gasteiger partial charge is 0.267 e. The van der Waals surface area contributed by atoms with E-state index >= 15 is 0 Å². The van der Waals surface area contributed by atoms with Crippen LogP contribution in [0.4, 0.5) is 10.1 Å². The van der Waals surface area contributed by atoms with Gasteiger partial charge in [0.15, 0.2) is 0 Å². The van der Waals surface area contributed by atoms with Gasteiger partial charge in [-0.25, -0.2) is 4.39 Å². The van der Waals surface area contributed by atoms with Crippen molar-refractivity contribution in [3.63, 3.8) is 0 Å². The summed E-state index contributed by atoms with van der Waals surface area (Å²) in [6, 6.07) is 5.90. The van der Waals surface area contributed by atoms with Gasteiger partial charge >= 0.3 is 0 Å². The zero-order valence-electron chi connectivity index (χ0n) is 10.7. The van der Waals surface area contributed by atoms with E-state index in [0.717, 1.165) is 0 Å². The molecule has 1 aromatic carbocycles. The summed E-state index contributed by atoms with van der Waals surface area (Å²) in [4.78, 5) is 12.6. The molecule has 0 aliphatic rings. The number of hydrogen-bond donors (Lipinski definition) is 2. The van der Waals surface area contributed by atoms with E-state index in [1.807, 2.05) is 0 Å². The number of aliphatic hydroxyl groups excluding tert-OH is 1. The van der Waals surface area contributed by atoms with Crippen LogP contribution in [0.15, 0.2) is 29.6 Å². The van der Waals surface area contributed by atoms with E-state index in [1.54, 1.807) is 18.4 Å². The van der Waals surface area contributed by atoms with Crippen molar-refractivity contribution >= 4 is 22.9 Å². The van der Waals surface area contributed by atoms with Gasteiger partial charge in [-0.2, -0.15) is 0 Å². The third-order valence-electron chi connectivity index (χ3n) is 2.61. The van der Waals surface area contributed by atoms with E-state index in [2.05, 4.69) is 17.2 Å². The zero-order chi connectivity index (χ0) is 14.5. The number of benzene rings is 1. The van der Waals surface area contributed by atoms with E-state index in [1.165, 1.54) is 29.5 Å². The lowest BCUT2D eigenvalue weighted by Crippen LogP contribution is -2.12. The first-order chi connectivity index (χ1) is 9.61. The summed E-state index contributed by atoms with van der Waals surface area (Å²) in [5, 5.41) is 13.2. The molecule has 0 unspecified atom stereocenters. The Morgan fingerprint density at radius 3 is 2.95 bits per heavy atom.